The van der Waals surface area contributed by atoms with Crippen LogP contribution < -0.4 is 5.32 Å². The number of likely N-dealkylation sites (N-methyl/N-ethyl adjacent to an activating group) is 1. The quantitative estimate of drug-likeness (QED) is 0.0243. The number of nitrogens with one attached hydrogen (secondary N) is 1. The highest BCUT2D eigenvalue weighted by molar-refractivity contribution is 7.47. The zero-order chi connectivity index (χ0) is 48.5. The highest BCUT2D eigenvalue weighted by Gasteiger charge is 2.28. The number of allylic oxidation sites excluding steroid dienone is 14. The minimum Gasteiger partial charge on any atom is -0.391 e. The first-order chi connectivity index (χ1) is 32.0. The van der Waals surface area contributed by atoms with Gasteiger partial charge in [0.2, 0.25) is 5.91 Å². The summed E-state index contributed by atoms with van der Waals surface area (Å²) in [7, 11) is 1.60. The largest absolute Gasteiger partial charge is 0.472 e. The lowest BCUT2D eigenvalue weighted by Gasteiger charge is -2.26. The van der Waals surface area contributed by atoms with Gasteiger partial charge in [0.1, 0.15) is 13.2 Å². The smallest absolute Gasteiger partial charge is 0.391 e. The summed E-state index contributed by atoms with van der Waals surface area (Å²) in [6.45, 7) is 4.75. The van der Waals surface area contributed by atoms with E-state index in [9.17, 15) is 19.4 Å². The first kappa shape index (κ1) is 63.7. The van der Waals surface area contributed by atoms with Crippen LogP contribution in [0.1, 0.15) is 219 Å². The minimum atomic E-state index is -4.32. The molecule has 3 atom stereocenters. The van der Waals surface area contributed by atoms with Crippen LogP contribution in [-0.4, -0.2) is 73.4 Å². The lowest BCUT2D eigenvalue weighted by atomic mass is 10.0. The van der Waals surface area contributed by atoms with E-state index in [2.05, 4.69) is 104 Å². The highest BCUT2D eigenvalue weighted by atomic mass is 31.2. The van der Waals surface area contributed by atoms with E-state index in [0.29, 0.717) is 23.9 Å². The second kappa shape index (κ2) is 47.7. The molecule has 0 aliphatic carbocycles. The first-order valence-electron chi connectivity index (χ1n) is 27.0. The van der Waals surface area contributed by atoms with Crippen LogP contribution in [0.15, 0.2) is 85.1 Å². The molecule has 1 amide bonds. The Morgan fingerprint density at radius 2 is 0.909 bits per heavy atom. The molecule has 0 saturated heterocycles. The molecule has 0 rings (SSSR count). The average Bonchev–Trinajstić information content (AvgIpc) is 3.28. The van der Waals surface area contributed by atoms with Crippen molar-refractivity contribution in [2.45, 2.75) is 231 Å². The van der Waals surface area contributed by atoms with Gasteiger partial charge in [-0.15, -0.1) is 0 Å². The van der Waals surface area contributed by atoms with Gasteiger partial charge in [0.15, 0.2) is 0 Å². The maximum atomic E-state index is 12.9. The number of nitrogens with zero attached hydrogens (tertiary/aromatic N) is 1. The van der Waals surface area contributed by atoms with Crippen molar-refractivity contribution in [3.05, 3.63) is 85.1 Å². The van der Waals surface area contributed by atoms with Gasteiger partial charge in [0.25, 0.3) is 0 Å². The molecule has 3 unspecified atom stereocenters. The van der Waals surface area contributed by atoms with Crippen LogP contribution in [0.2, 0.25) is 0 Å². The number of unbranched alkanes of at least 4 members (excludes halogenated alkanes) is 21. The SMILES string of the molecule is CC/C=C\C/C=C\C/C=C\C/C=C\C/C=C\C/C=C\C/C=C\CCCCCCCCCCCCCC(=O)NC(COP(=O)(O)OCC[N+](C)(C)C)C(O)CCCCCCCCCCCCC. The van der Waals surface area contributed by atoms with Crippen molar-refractivity contribution >= 4 is 13.7 Å². The molecule has 0 heterocycles. The van der Waals surface area contributed by atoms with Crippen LogP contribution >= 0.6 is 7.82 Å². The van der Waals surface area contributed by atoms with Crippen molar-refractivity contribution in [2.75, 3.05) is 40.9 Å². The van der Waals surface area contributed by atoms with Crippen LogP contribution in [0.5, 0.6) is 0 Å². The first-order valence-corrected chi connectivity index (χ1v) is 28.4. The lowest BCUT2D eigenvalue weighted by molar-refractivity contribution is -0.870. The number of aliphatic hydroxyl groups is 1. The lowest BCUT2D eigenvalue weighted by Crippen LogP contribution is -2.46. The average molecular weight is 944 g/mol. The minimum absolute atomic E-state index is 0.0708. The molecule has 66 heavy (non-hydrogen) atoms. The Morgan fingerprint density at radius 3 is 1.33 bits per heavy atom. The van der Waals surface area contributed by atoms with E-state index in [-0.39, 0.29) is 19.1 Å². The van der Waals surface area contributed by atoms with Crippen molar-refractivity contribution in [3.8, 4) is 0 Å². The van der Waals surface area contributed by atoms with Crippen LogP contribution in [0.4, 0.5) is 0 Å². The molecule has 0 aromatic heterocycles. The number of hydrogen-bond donors (Lipinski definition) is 3. The third-order valence-electron chi connectivity index (χ3n) is 11.7. The second-order valence-corrected chi connectivity index (χ2v) is 20.7. The van der Waals surface area contributed by atoms with Gasteiger partial charge in [-0.2, -0.15) is 0 Å². The monoisotopic (exact) mass is 944 g/mol. The molecule has 0 radical (unpaired) electrons. The molecule has 0 bridgehead atoms. The third kappa shape index (κ3) is 49.6. The summed E-state index contributed by atoms with van der Waals surface area (Å²) in [5.74, 6) is -0.152. The molecular formula is C57H104N2O6P+. The number of phosphoric ester groups is 1. The van der Waals surface area contributed by atoms with E-state index in [1.807, 2.05) is 21.1 Å². The second-order valence-electron chi connectivity index (χ2n) is 19.2. The standard InChI is InChI=1S/C57H103N2O6P/c1-6-8-10-12-14-16-18-19-20-21-22-23-24-25-26-27-28-29-30-31-32-33-34-35-36-37-38-39-41-43-45-47-49-51-57(61)58-55(54-65-66(62,63)64-53-52-59(3,4)5)56(60)50-48-46-44-42-40-17-15-13-11-9-7-2/h8,10,14,16,19-20,22-23,25-26,28-29,31-32,55-56,60H,6-7,9,11-13,15,17-18,21,24,27,30,33-54H2,1-5H3,(H-,58,61,62,63)/p+1/b10-8-,16-14-,20-19-,23-22-,26-25-,29-28-,32-31-. The molecular weight excluding hydrogens is 840 g/mol. The molecule has 0 aromatic rings. The fourth-order valence-electron chi connectivity index (χ4n) is 7.44. The molecule has 0 saturated carbocycles. The third-order valence-corrected chi connectivity index (χ3v) is 12.6. The number of phosphoric acid groups is 1. The molecule has 382 valence electrons. The molecule has 0 spiro atoms. The van der Waals surface area contributed by atoms with Gasteiger partial charge in [-0.1, -0.05) is 227 Å². The molecule has 3 N–H and O–H groups in total. The number of carbonyl (C=O) groups is 1. The van der Waals surface area contributed by atoms with E-state index >= 15 is 0 Å². The van der Waals surface area contributed by atoms with Crippen LogP contribution in [0.25, 0.3) is 0 Å². The van der Waals surface area contributed by atoms with Crippen molar-refractivity contribution in [2.24, 2.45) is 0 Å². The number of rotatable bonds is 48. The normalized spacial score (nSPS) is 14.7. The summed E-state index contributed by atoms with van der Waals surface area (Å²) in [5.41, 5.74) is 0. The van der Waals surface area contributed by atoms with E-state index in [4.69, 9.17) is 9.05 Å². The Balaban J connectivity index is 4.08. The van der Waals surface area contributed by atoms with Crippen molar-refractivity contribution in [1.82, 2.24) is 5.32 Å². The van der Waals surface area contributed by atoms with Gasteiger partial charge in [-0.25, -0.2) is 4.57 Å². The van der Waals surface area contributed by atoms with E-state index < -0.39 is 20.0 Å². The Morgan fingerprint density at radius 1 is 0.530 bits per heavy atom. The number of hydrogen-bond acceptors (Lipinski definition) is 5. The Hall–Kier alpha value is -2.32. The van der Waals surface area contributed by atoms with Gasteiger partial charge in [-0.05, 0) is 70.6 Å². The fraction of sp³-hybridized carbons (Fsp3) is 0.737. The van der Waals surface area contributed by atoms with E-state index in [1.54, 1.807) is 0 Å². The van der Waals surface area contributed by atoms with E-state index in [0.717, 1.165) is 83.5 Å². The number of carbonyl (C=O) groups excluding carboxylic acids is 1. The number of amides is 1. The molecule has 9 heteroatoms. The summed E-state index contributed by atoms with van der Waals surface area (Å²) in [6.07, 6.45) is 66.3. The summed E-state index contributed by atoms with van der Waals surface area (Å²) in [6, 6.07) is -0.765. The van der Waals surface area contributed by atoms with Crippen molar-refractivity contribution in [3.63, 3.8) is 0 Å². The van der Waals surface area contributed by atoms with Crippen LogP contribution in [0, 0.1) is 0 Å². The topological polar surface area (TPSA) is 105 Å². The van der Waals surface area contributed by atoms with E-state index in [1.165, 1.54) is 109 Å². The fourth-order valence-corrected chi connectivity index (χ4v) is 8.17. The van der Waals surface area contributed by atoms with Crippen LogP contribution in [-0.2, 0) is 18.4 Å². The Kier molecular flexibility index (Phi) is 46.1. The summed E-state index contributed by atoms with van der Waals surface area (Å²) >= 11 is 0. The number of aliphatic hydroxyl groups excluding tert-OH is 1. The van der Waals surface area contributed by atoms with Crippen molar-refractivity contribution in [1.29, 1.82) is 0 Å². The summed E-state index contributed by atoms with van der Waals surface area (Å²) < 4.78 is 23.7. The molecule has 0 aliphatic rings. The van der Waals surface area contributed by atoms with Gasteiger partial charge < -0.3 is 19.8 Å². The maximum absolute atomic E-state index is 12.9. The summed E-state index contributed by atoms with van der Waals surface area (Å²) in [5, 5.41) is 14.0. The zero-order valence-electron chi connectivity index (χ0n) is 43.4. The van der Waals surface area contributed by atoms with Crippen molar-refractivity contribution < 1.29 is 32.9 Å². The predicted octanol–water partition coefficient (Wildman–Crippen LogP) is 16.1. The molecule has 0 aromatic carbocycles. The molecule has 0 fully saturated rings. The predicted molar refractivity (Wildman–Crippen MR) is 286 cm³/mol. The zero-order valence-corrected chi connectivity index (χ0v) is 44.3. The maximum Gasteiger partial charge on any atom is 0.472 e. The Bertz CT molecular complexity index is 1350. The van der Waals surface area contributed by atoms with Gasteiger partial charge >= 0.3 is 7.82 Å². The summed E-state index contributed by atoms with van der Waals surface area (Å²) in [4.78, 5) is 23.2. The van der Waals surface area contributed by atoms with Crippen LogP contribution in [0.3, 0.4) is 0 Å². The number of quaternary nitrogens is 1. The van der Waals surface area contributed by atoms with Gasteiger partial charge in [0.05, 0.1) is 39.9 Å². The Labute approximate surface area is 407 Å². The van der Waals surface area contributed by atoms with Gasteiger partial charge in [-0.3, -0.25) is 13.8 Å². The molecule has 8 nitrogen and oxygen atoms in total. The highest BCUT2D eigenvalue weighted by Crippen LogP contribution is 2.43. The van der Waals surface area contributed by atoms with Gasteiger partial charge in [0, 0.05) is 6.42 Å². The molecule has 0 aliphatic heterocycles.